The van der Waals surface area contributed by atoms with Crippen LogP contribution >= 0.6 is 0 Å². The molecule has 3 saturated carbocycles. The van der Waals surface area contributed by atoms with Crippen LogP contribution in [-0.2, 0) is 37.9 Å². The fraction of sp³-hybridized carbons (Fsp3) is 0.955. The van der Waals surface area contributed by atoms with Gasteiger partial charge < -0.3 is 83.9 Å². The zero-order chi connectivity index (χ0) is 43.5. The summed E-state index contributed by atoms with van der Waals surface area (Å²) < 4.78 is 50.8. The summed E-state index contributed by atoms with van der Waals surface area (Å²) in [6, 6.07) is 0. The monoisotopic (exact) mass is 870 g/mol. The Morgan fingerprint density at radius 3 is 2.20 bits per heavy atom. The normalized spacial score (nSPS) is 58.4. The fourth-order valence-corrected chi connectivity index (χ4v) is 13.8. The smallest absolute Gasteiger partial charge is 0.187 e. The van der Waals surface area contributed by atoms with E-state index in [0.717, 1.165) is 50.7 Å². The second-order valence-corrected chi connectivity index (χ2v) is 20.7. The third-order valence-electron chi connectivity index (χ3n) is 17.4. The molecule has 0 aromatic carbocycles. The lowest BCUT2D eigenvalue weighted by Crippen LogP contribution is -2.67. The molecule has 0 unspecified atom stereocenters. The van der Waals surface area contributed by atoms with Crippen LogP contribution in [0.2, 0.25) is 0 Å². The number of aliphatic hydroxyl groups is 9. The van der Waals surface area contributed by atoms with Gasteiger partial charge in [0.2, 0.25) is 0 Å². The van der Waals surface area contributed by atoms with Crippen molar-refractivity contribution in [2.24, 2.45) is 46.3 Å². The third kappa shape index (κ3) is 7.32. The summed E-state index contributed by atoms with van der Waals surface area (Å²) in [5.74, 6) is 1.55. The lowest BCUT2D eigenvalue weighted by molar-refractivity contribution is -0.392. The molecule has 5 heterocycles. The highest BCUT2D eigenvalue weighted by atomic mass is 16.8. The van der Waals surface area contributed by atoms with Gasteiger partial charge in [-0.3, -0.25) is 0 Å². The molecule has 61 heavy (non-hydrogen) atoms. The zero-order valence-electron chi connectivity index (χ0n) is 35.9. The first-order chi connectivity index (χ1) is 28.9. The molecule has 17 nitrogen and oxygen atoms in total. The molecule has 348 valence electrons. The largest absolute Gasteiger partial charge is 0.394 e. The molecule has 0 amide bonds. The van der Waals surface area contributed by atoms with Gasteiger partial charge in [-0.1, -0.05) is 39.3 Å². The van der Waals surface area contributed by atoms with E-state index in [4.69, 9.17) is 37.9 Å². The molecular formula is C44H70O17. The Hall–Kier alpha value is -0.940. The van der Waals surface area contributed by atoms with Gasteiger partial charge in [0.15, 0.2) is 24.7 Å². The van der Waals surface area contributed by atoms with Crippen LogP contribution in [0.15, 0.2) is 11.6 Å². The van der Waals surface area contributed by atoms with Gasteiger partial charge in [0.1, 0.15) is 61.0 Å². The van der Waals surface area contributed by atoms with Crippen LogP contribution in [0.4, 0.5) is 0 Å². The van der Waals surface area contributed by atoms with Crippen molar-refractivity contribution >= 4 is 0 Å². The van der Waals surface area contributed by atoms with Gasteiger partial charge >= 0.3 is 0 Å². The van der Waals surface area contributed by atoms with Crippen LogP contribution in [0.25, 0.3) is 0 Å². The van der Waals surface area contributed by atoms with Gasteiger partial charge in [-0.15, -0.1) is 0 Å². The second kappa shape index (κ2) is 16.7. The van der Waals surface area contributed by atoms with E-state index >= 15 is 0 Å². The summed E-state index contributed by atoms with van der Waals surface area (Å²) in [5, 5.41) is 96.9. The molecule has 1 spiro atoms. The molecule has 0 bridgehead atoms. The maximum absolute atomic E-state index is 11.6. The molecule has 0 aromatic heterocycles. The lowest BCUT2D eigenvalue weighted by atomic mass is 9.46. The number of hydrogen-bond donors (Lipinski definition) is 9. The van der Waals surface area contributed by atoms with Gasteiger partial charge in [0.25, 0.3) is 0 Å². The van der Waals surface area contributed by atoms with Crippen LogP contribution in [0.3, 0.4) is 0 Å². The van der Waals surface area contributed by atoms with E-state index in [0.29, 0.717) is 30.1 Å². The number of allylic oxidation sites excluding steroid dienone is 1. The molecule has 4 aliphatic carbocycles. The Labute approximate surface area is 357 Å². The molecule has 5 saturated heterocycles. The molecule has 9 N–H and O–H groups in total. The predicted octanol–water partition coefficient (Wildman–Crippen LogP) is -0.176. The molecule has 26 atom stereocenters. The van der Waals surface area contributed by atoms with Crippen molar-refractivity contribution in [3.8, 4) is 0 Å². The van der Waals surface area contributed by atoms with Crippen molar-refractivity contribution in [3.63, 3.8) is 0 Å². The van der Waals surface area contributed by atoms with Crippen LogP contribution in [0.1, 0.15) is 86.0 Å². The molecule has 5 aliphatic heterocycles. The summed E-state index contributed by atoms with van der Waals surface area (Å²) in [5.41, 5.74) is 0.602. The molecule has 17 heteroatoms. The Morgan fingerprint density at radius 1 is 0.738 bits per heavy atom. The number of rotatable bonds is 7. The Bertz CT molecular complexity index is 1590. The fourth-order valence-electron chi connectivity index (χ4n) is 13.8. The minimum absolute atomic E-state index is 0.0513. The first-order valence-corrected chi connectivity index (χ1v) is 22.9. The highest BCUT2D eigenvalue weighted by Crippen LogP contribution is 2.71. The average molecular weight is 871 g/mol. The number of hydrogen-bond acceptors (Lipinski definition) is 17. The average Bonchev–Trinajstić information content (AvgIpc) is 3.68. The Kier molecular flexibility index (Phi) is 12.4. The standard InChI is InChI=1S/C44H70O17/c1-18-8-11-44(55-16-18)19(2)30-27(61-44)14-25-23-7-6-21-12-22(46)13-29(43(21,5)24(23)9-10-42(25,30)4)58-41-38(60-40-36(53)34(51)33(50)28(15-45)57-40)37(31(48)20(3)56-41)59-39-35(52)32(49)26(47)17-54-39/h6,18-20,22-41,45-53H,7-17H2,1-5H3/t18-,19+,20-,22-,23+,24+,25+,26-,27-,28-,29-,30-,31+,32+,33-,34+,35-,36-,37+,38-,39+,40+,41+,42+,43+,44-/m1/s1. The predicted molar refractivity (Wildman–Crippen MR) is 210 cm³/mol. The molecule has 9 aliphatic rings. The van der Waals surface area contributed by atoms with E-state index in [1.165, 1.54) is 0 Å². The second-order valence-electron chi connectivity index (χ2n) is 20.7. The summed E-state index contributed by atoms with van der Waals surface area (Å²) in [4.78, 5) is 0. The summed E-state index contributed by atoms with van der Waals surface area (Å²) in [6.07, 6.45) is -13.7. The zero-order valence-corrected chi connectivity index (χ0v) is 35.9. The first-order valence-electron chi connectivity index (χ1n) is 22.9. The molecule has 9 rings (SSSR count). The summed E-state index contributed by atoms with van der Waals surface area (Å²) in [7, 11) is 0. The maximum Gasteiger partial charge on any atom is 0.187 e. The number of ether oxygens (including phenoxy) is 8. The lowest BCUT2D eigenvalue weighted by Gasteiger charge is -2.60. The van der Waals surface area contributed by atoms with Gasteiger partial charge in [-0.05, 0) is 80.5 Å². The van der Waals surface area contributed by atoms with E-state index in [9.17, 15) is 46.0 Å². The Balaban J connectivity index is 1.01. The summed E-state index contributed by atoms with van der Waals surface area (Å²) in [6.45, 7) is 10.5. The molecule has 0 radical (unpaired) electrons. The van der Waals surface area contributed by atoms with Crippen LogP contribution < -0.4 is 0 Å². The Morgan fingerprint density at radius 2 is 1.48 bits per heavy atom. The van der Waals surface area contributed by atoms with Crippen LogP contribution in [0, 0.1) is 46.3 Å². The minimum atomic E-state index is -1.83. The van der Waals surface area contributed by atoms with Crippen molar-refractivity contribution in [2.45, 2.75) is 196 Å². The summed E-state index contributed by atoms with van der Waals surface area (Å²) >= 11 is 0. The minimum Gasteiger partial charge on any atom is -0.394 e. The van der Waals surface area contributed by atoms with E-state index < -0.39 is 116 Å². The van der Waals surface area contributed by atoms with E-state index in [-0.39, 0.29) is 36.4 Å². The van der Waals surface area contributed by atoms with E-state index in [1.807, 2.05) is 0 Å². The highest BCUT2D eigenvalue weighted by molar-refractivity contribution is 5.29. The topological polar surface area (TPSA) is 256 Å². The van der Waals surface area contributed by atoms with Gasteiger partial charge in [0, 0.05) is 24.2 Å². The SMILES string of the molecule is C[C@@H]1CC[C@@]2(OC1)O[C@@H]1C[C@H]3[C@H]4CC=C5C[C@@H](O)C[C@@H](O[C@@H]6O[C@H](C)[C@H](O)[C@H](O[C@@H]7OC[C@@H](O)[C@H](O)[C@H]7O)[C@H]6O[C@@H]6O[C@H](CO)[C@@H](O)[C@H](O)[C@H]6O)[C@]5(C)[C@H]4CC[C@]3(C)[C@@H]1[C@@H]2C. The van der Waals surface area contributed by atoms with Crippen molar-refractivity contribution in [3.05, 3.63) is 11.6 Å². The van der Waals surface area contributed by atoms with E-state index in [1.54, 1.807) is 6.92 Å². The van der Waals surface area contributed by atoms with Gasteiger partial charge in [-0.2, -0.15) is 0 Å². The quantitative estimate of drug-likeness (QED) is 0.151. The molecule has 8 fully saturated rings. The highest BCUT2D eigenvalue weighted by Gasteiger charge is 2.70. The molecular weight excluding hydrogens is 800 g/mol. The maximum atomic E-state index is 11.6. The van der Waals surface area contributed by atoms with E-state index in [2.05, 4.69) is 33.8 Å². The van der Waals surface area contributed by atoms with Gasteiger partial charge in [0.05, 0.1) is 44.2 Å². The van der Waals surface area contributed by atoms with Crippen LogP contribution in [0.5, 0.6) is 0 Å². The van der Waals surface area contributed by atoms with Crippen LogP contribution in [-0.4, -0.2) is 176 Å². The number of fused-ring (bicyclic) bond motifs is 7. The molecule has 0 aromatic rings. The van der Waals surface area contributed by atoms with Crippen molar-refractivity contribution in [1.82, 2.24) is 0 Å². The third-order valence-corrected chi connectivity index (χ3v) is 17.4. The van der Waals surface area contributed by atoms with Gasteiger partial charge in [-0.25, -0.2) is 0 Å². The first kappa shape index (κ1) is 45.2. The number of aliphatic hydroxyl groups excluding tert-OH is 9. The van der Waals surface area contributed by atoms with Crippen molar-refractivity contribution < 1.29 is 83.9 Å². The van der Waals surface area contributed by atoms with Crippen molar-refractivity contribution in [2.75, 3.05) is 19.8 Å². The van der Waals surface area contributed by atoms with Crippen molar-refractivity contribution in [1.29, 1.82) is 0 Å².